The van der Waals surface area contributed by atoms with Crippen LogP contribution in [-0.2, 0) is 17.6 Å². The van der Waals surface area contributed by atoms with Crippen molar-refractivity contribution in [3.63, 3.8) is 0 Å². The minimum atomic E-state index is -0.550. The normalized spacial score (nSPS) is 10.5. The predicted molar refractivity (Wildman–Crippen MR) is 72.9 cm³/mol. The van der Waals surface area contributed by atoms with Crippen molar-refractivity contribution < 1.29 is 13.6 Å². The second-order valence-corrected chi connectivity index (χ2v) is 5.17. The first kappa shape index (κ1) is 13.9. The van der Waals surface area contributed by atoms with E-state index in [4.69, 9.17) is 0 Å². The SMILES string of the molecule is O=C(Cc1ccc(Br)cc1)Cc1cc(F)ccc1F. The van der Waals surface area contributed by atoms with Gasteiger partial charge in [-0.25, -0.2) is 8.78 Å². The lowest BCUT2D eigenvalue weighted by Crippen LogP contribution is -2.08. The van der Waals surface area contributed by atoms with Gasteiger partial charge in [-0.2, -0.15) is 0 Å². The molecular weight excluding hydrogens is 314 g/mol. The molecule has 0 radical (unpaired) electrons. The molecule has 4 heteroatoms. The molecule has 1 nitrogen and oxygen atoms in total. The Hall–Kier alpha value is -1.55. The zero-order valence-corrected chi connectivity index (χ0v) is 11.6. The minimum absolute atomic E-state index is 0.0976. The van der Waals surface area contributed by atoms with Crippen LogP contribution >= 0.6 is 15.9 Å². The number of Topliss-reactive ketones (excluding diaryl/α,β-unsaturated/α-hetero) is 1. The summed E-state index contributed by atoms with van der Waals surface area (Å²) in [6.07, 6.45) is 0.114. The highest BCUT2D eigenvalue weighted by molar-refractivity contribution is 9.10. The number of halogens is 3. The standard InChI is InChI=1S/C15H11BrF2O/c16-12-3-1-10(2-4-12)7-14(19)9-11-8-13(17)5-6-15(11)18/h1-6,8H,7,9H2. The quantitative estimate of drug-likeness (QED) is 0.828. The molecule has 2 rings (SSSR count). The molecule has 0 heterocycles. The highest BCUT2D eigenvalue weighted by atomic mass is 79.9. The van der Waals surface area contributed by atoms with E-state index in [1.807, 2.05) is 24.3 Å². The molecule has 0 N–H and O–H groups in total. The summed E-state index contributed by atoms with van der Waals surface area (Å²) in [5, 5.41) is 0. The Kier molecular flexibility index (Phi) is 4.43. The number of carbonyl (C=O) groups is 1. The maximum atomic E-state index is 13.4. The van der Waals surface area contributed by atoms with Crippen molar-refractivity contribution in [2.24, 2.45) is 0 Å². The molecule has 0 atom stereocenters. The van der Waals surface area contributed by atoms with Gasteiger partial charge in [0.25, 0.3) is 0 Å². The van der Waals surface area contributed by atoms with Gasteiger partial charge in [-0.1, -0.05) is 28.1 Å². The maximum Gasteiger partial charge on any atom is 0.141 e. The number of rotatable bonds is 4. The Labute approximate surface area is 118 Å². The zero-order valence-electron chi connectivity index (χ0n) is 10.00. The number of hydrogen-bond donors (Lipinski definition) is 0. The molecule has 0 spiro atoms. The van der Waals surface area contributed by atoms with Crippen LogP contribution in [0.4, 0.5) is 8.78 Å². The monoisotopic (exact) mass is 324 g/mol. The lowest BCUT2D eigenvalue weighted by molar-refractivity contribution is -0.117. The second kappa shape index (κ2) is 6.06. The van der Waals surface area contributed by atoms with Gasteiger partial charge in [0.05, 0.1) is 0 Å². The van der Waals surface area contributed by atoms with Gasteiger partial charge in [-0.3, -0.25) is 4.79 Å². The molecule has 0 fully saturated rings. The Morgan fingerprint density at radius 2 is 1.68 bits per heavy atom. The lowest BCUT2D eigenvalue weighted by Gasteiger charge is -2.04. The van der Waals surface area contributed by atoms with Gasteiger partial charge in [0.2, 0.25) is 0 Å². The van der Waals surface area contributed by atoms with Crippen LogP contribution in [0, 0.1) is 11.6 Å². The molecule has 0 amide bonds. The third kappa shape index (κ3) is 3.96. The molecule has 0 aliphatic rings. The van der Waals surface area contributed by atoms with Crippen molar-refractivity contribution >= 4 is 21.7 Å². The molecule has 0 saturated heterocycles. The summed E-state index contributed by atoms with van der Waals surface area (Å²) < 4.78 is 27.3. The Balaban J connectivity index is 2.05. The molecule has 0 bridgehead atoms. The molecule has 19 heavy (non-hydrogen) atoms. The molecule has 2 aromatic rings. The zero-order chi connectivity index (χ0) is 13.8. The van der Waals surface area contributed by atoms with E-state index in [0.29, 0.717) is 0 Å². The molecule has 0 aromatic heterocycles. The first-order valence-electron chi connectivity index (χ1n) is 5.74. The van der Waals surface area contributed by atoms with Gasteiger partial charge in [0.15, 0.2) is 0 Å². The summed E-state index contributed by atoms with van der Waals surface area (Å²) in [6.45, 7) is 0. The van der Waals surface area contributed by atoms with Gasteiger partial charge < -0.3 is 0 Å². The summed E-state index contributed by atoms with van der Waals surface area (Å²) >= 11 is 3.31. The molecule has 98 valence electrons. The van der Waals surface area contributed by atoms with Gasteiger partial charge in [-0.05, 0) is 41.5 Å². The Morgan fingerprint density at radius 3 is 2.37 bits per heavy atom. The van der Waals surface area contributed by atoms with E-state index >= 15 is 0 Å². The number of carbonyl (C=O) groups excluding carboxylic acids is 1. The van der Waals surface area contributed by atoms with Crippen LogP contribution in [0.25, 0.3) is 0 Å². The molecule has 0 unspecified atom stereocenters. The van der Waals surface area contributed by atoms with Crippen LogP contribution in [0.5, 0.6) is 0 Å². The average Bonchev–Trinajstić information content (AvgIpc) is 2.37. The summed E-state index contributed by atoms with van der Waals surface area (Å²) in [4.78, 5) is 11.8. The van der Waals surface area contributed by atoms with Crippen molar-refractivity contribution in [1.82, 2.24) is 0 Å². The molecule has 0 aliphatic carbocycles. The molecule has 2 aromatic carbocycles. The predicted octanol–water partition coefficient (Wildman–Crippen LogP) is 4.08. The molecular formula is C15H11BrF2O. The summed E-state index contributed by atoms with van der Waals surface area (Å²) in [5.74, 6) is -1.23. The van der Waals surface area contributed by atoms with Crippen molar-refractivity contribution in [3.05, 3.63) is 69.7 Å². The van der Waals surface area contributed by atoms with Crippen LogP contribution < -0.4 is 0 Å². The molecule has 0 aliphatic heterocycles. The van der Waals surface area contributed by atoms with Crippen molar-refractivity contribution in [2.45, 2.75) is 12.8 Å². The van der Waals surface area contributed by atoms with Crippen LogP contribution in [0.1, 0.15) is 11.1 Å². The first-order valence-corrected chi connectivity index (χ1v) is 6.54. The van der Waals surface area contributed by atoms with Crippen LogP contribution in [0.3, 0.4) is 0 Å². The van der Waals surface area contributed by atoms with E-state index in [1.165, 1.54) is 0 Å². The Bertz CT molecular complexity index is 594. The van der Waals surface area contributed by atoms with Gasteiger partial charge >= 0.3 is 0 Å². The smallest absolute Gasteiger partial charge is 0.141 e. The number of hydrogen-bond acceptors (Lipinski definition) is 1. The highest BCUT2D eigenvalue weighted by Gasteiger charge is 2.10. The van der Waals surface area contributed by atoms with Crippen molar-refractivity contribution in [3.8, 4) is 0 Å². The van der Waals surface area contributed by atoms with E-state index in [2.05, 4.69) is 15.9 Å². The third-order valence-electron chi connectivity index (χ3n) is 2.71. The third-order valence-corrected chi connectivity index (χ3v) is 3.24. The van der Waals surface area contributed by atoms with Crippen LogP contribution in [0.2, 0.25) is 0 Å². The summed E-state index contributed by atoms with van der Waals surface area (Å²) in [5.41, 5.74) is 0.951. The summed E-state index contributed by atoms with van der Waals surface area (Å²) in [6, 6.07) is 10.5. The van der Waals surface area contributed by atoms with Crippen LogP contribution in [0.15, 0.2) is 46.9 Å². The van der Waals surface area contributed by atoms with Gasteiger partial charge in [0.1, 0.15) is 17.4 Å². The van der Waals surface area contributed by atoms with E-state index in [-0.39, 0.29) is 24.2 Å². The number of ketones is 1. The number of benzene rings is 2. The second-order valence-electron chi connectivity index (χ2n) is 4.25. The Morgan fingerprint density at radius 1 is 1.00 bits per heavy atom. The lowest BCUT2D eigenvalue weighted by atomic mass is 10.0. The van der Waals surface area contributed by atoms with E-state index in [0.717, 1.165) is 28.2 Å². The highest BCUT2D eigenvalue weighted by Crippen LogP contribution is 2.14. The van der Waals surface area contributed by atoms with E-state index in [1.54, 1.807) is 0 Å². The van der Waals surface area contributed by atoms with Crippen LogP contribution in [-0.4, -0.2) is 5.78 Å². The van der Waals surface area contributed by atoms with Crippen molar-refractivity contribution in [1.29, 1.82) is 0 Å². The summed E-state index contributed by atoms with van der Waals surface area (Å²) in [7, 11) is 0. The van der Waals surface area contributed by atoms with E-state index < -0.39 is 11.6 Å². The fourth-order valence-electron chi connectivity index (χ4n) is 1.78. The van der Waals surface area contributed by atoms with Gasteiger partial charge in [0, 0.05) is 17.3 Å². The largest absolute Gasteiger partial charge is 0.299 e. The van der Waals surface area contributed by atoms with Gasteiger partial charge in [-0.15, -0.1) is 0 Å². The molecule has 0 saturated carbocycles. The van der Waals surface area contributed by atoms with E-state index in [9.17, 15) is 13.6 Å². The first-order chi connectivity index (χ1) is 9.04. The minimum Gasteiger partial charge on any atom is -0.299 e. The maximum absolute atomic E-state index is 13.4. The van der Waals surface area contributed by atoms with Crippen molar-refractivity contribution in [2.75, 3.05) is 0 Å². The fourth-order valence-corrected chi connectivity index (χ4v) is 2.05. The fraction of sp³-hybridized carbons (Fsp3) is 0.133. The topological polar surface area (TPSA) is 17.1 Å². The average molecular weight is 325 g/mol.